The van der Waals surface area contributed by atoms with Crippen molar-refractivity contribution in [3.05, 3.63) is 18.2 Å². The number of hydrogen-bond acceptors (Lipinski definition) is 5. The summed E-state index contributed by atoms with van der Waals surface area (Å²) < 4.78 is 12.3. The first-order chi connectivity index (χ1) is 10.7. The Labute approximate surface area is 139 Å². The largest absolute Gasteiger partial charge is 0.494 e. The number of rotatable bonds is 2. The van der Waals surface area contributed by atoms with E-state index in [1.807, 2.05) is 12.1 Å². The molecule has 2 aliphatic rings. The third kappa shape index (κ3) is 3.20. The van der Waals surface area contributed by atoms with Crippen LogP contribution >= 0.6 is 0 Å². The number of anilines is 2. The lowest BCUT2D eigenvalue weighted by Crippen LogP contribution is -2.45. The van der Waals surface area contributed by atoms with Gasteiger partial charge < -0.3 is 24.8 Å². The fraction of sp³-hybridized carbons (Fsp3) is 0.647. The molecule has 1 aromatic carbocycles. The van der Waals surface area contributed by atoms with Gasteiger partial charge in [-0.15, -0.1) is 0 Å². The summed E-state index contributed by atoms with van der Waals surface area (Å²) in [5.74, 6) is 0. The third-order valence-corrected chi connectivity index (χ3v) is 5.36. The molecule has 3 rings (SSSR count). The van der Waals surface area contributed by atoms with Crippen LogP contribution in [0.15, 0.2) is 18.2 Å². The first-order valence-corrected chi connectivity index (χ1v) is 8.37. The molecule has 0 radical (unpaired) electrons. The normalized spacial score (nSPS) is 24.2. The number of likely N-dealkylation sites (N-methyl/N-ethyl adjacent to an activating group) is 1. The van der Waals surface area contributed by atoms with Gasteiger partial charge in [0.2, 0.25) is 0 Å². The molecule has 0 bridgehead atoms. The van der Waals surface area contributed by atoms with E-state index in [9.17, 15) is 0 Å². The molecule has 0 atom stereocenters. The van der Waals surface area contributed by atoms with E-state index >= 15 is 0 Å². The Bertz CT molecular complexity index is 567. The summed E-state index contributed by atoms with van der Waals surface area (Å²) in [6.07, 6.45) is 0. The summed E-state index contributed by atoms with van der Waals surface area (Å²) in [6, 6.07) is 6.16. The Morgan fingerprint density at radius 3 is 2.09 bits per heavy atom. The highest BCUT2D eigenvalue weighted by molar-refractivity contribution is 6.62. The van der Waals surface area contributed by atoms with Gasteiger partial charge >= 0.3 is 7.12 Å². The van der Waals surface area contributed by atoms with Crippen LogP contribution in [0.1, 0.15) is 27.7 Å². The van der Waals surface area contributed by atoms with E-state index < -0.39 is 0 Å². The van der Waals surface area contributed by atoms with E-state index in [1.165, 1.54) is 0 Å². The Kier molecular flexibility index (Phi) is 4.11. The van der Waals surface area contributed by atoms with Gasteiger partial charge in [0.1, 0.15) is 0 Å². The molecule has 2 fully saturated rings. The van der Waals surface area contributed by atoms with Gasteiger partial charge in [0.25, 0.3) is 0 Å². The van der Waals surface area contributed by atoms with Crippen LogP contribution in [0.5, 0.6) is 0 Å². The van der Waals surface area contributed by atoms with Gasteiger partial charge in [-0.05, 0) is 58.4 Å². The number of benzene rings is 1. The second kappa shape index (κ2) is 5.69. The minimum Gasteiger partial charge on any atom is -0.399 e. The van der Waals surface area contributed by atoms with E-state index in [4.69, 9.17) is 15.0 Å². The predicted molar refractivity (Wildman–Crippen MR) is 96.3 cm³/mol. The smallest absolute Gasteiger partial charge is 0.399 e. The van der Waals surface area contributed by atoms with Crippen LogP contribution < -0.4 is 16.1 Å². The lowest BCUT2D eigenvalue weighted by Gasteiger charge is -2.34. The van der Waals surface area contributed by atoms with Crippen molar-refractivity contribution in [2.75, 3.05) is 43.9 Å². The molecule has 0 aromatic heterocycles. The Morgan fingerprint density at radius 2 is 1.52 bits per heavy atom. The first-order valence-electron chi connectivity index (χ1n) is 8.37. The van der Waals surface area contributed by atoms with Crippen molar-refractivity contribution in [2.24, 2.45) is 0 Å². The molecule has 0 spiro atoms. The van der Waals surface area contributed by atoms with E-state index in [0.29, 0.717) is 0 Å². The van der Waals surface area contributed by atoms with Gasteiger partial charge in [-0.3, -0.25) is 0 Å². The zero-order valence-electron chi connectivity index (χ0n) is 14.9. The summed E-state index contributed by atoms with van der Waals surface area (Å²) in [4.78, 5) is 4.73. The Morgan fingerprint density at radius 1 is 0.957 bits per heavy atom. The summed E-state index contributed by atoms with van der Waals surface area (Å²) in [7, 11) is 1.79. The maximum atomic E-state index is 6.16. The molecule has 2 N–H and O–H groups in total. The fourth-order valence-electron chi connectivity index (χ4n) is 3.02. The number of nitrogen functional groups attached to an aromatic ring is 1. The molecule has 126 valence electrons. The van der Waals surface area contributed by atoms with Crippen LogP contribution in [0, 0.1) is 0 Å². The van der Waals surface area contributed by atoms with Gasteiger partial charge in [0, 0.05) is 37.6 Å². The summed E-state index contributed by atoms with van der Waals surface area (Å²) in [6.45, 7) is 12.5. The molecule has 6 heteroatoms. The van der Waals surface area contributed by atoms with Crippen molar-refractivity contribution in [1.82, 2.24) is 4.90 Å². The molecule has 0 unspecified atom stereocenters. The van der Waals surface area contributed by atoms with Crippen LogP contribution in [0.4, 0.5) is 11.4 Å². The van der Waals surface area contributed by atoms with Gasteiger partial charge in [-0.25, -0.2) is 0 Å². The van der Waals surface area contributed by atoms with Crippen LogP contribution in [0.25, 0.3) is 0 Å². The predicted octanol–water partition coefficient (Wildman–Crippen LogP) is 1.32. The number of piperazine rings is 1. The highest BCUT2D eigenvalue weighted by atomic mass is 16.7. The quantitative estimate of drug-likeness (QED) is 0.659. The summed E-state index contributed by atoms with van der Waals surface area (Å²) in [5.41, 5.74) is 8.38. The average Bonchev–Trinajstić information content (AvgIpc) is 2.67. The van der Waals surface area contributed by atoms with Crippen molar-refractivity contribution in [3.8, 4) is 0 Å². The average molecular weight is 317 g/mol. The Hall–Kier alpha value is -1.24. The maximum absolute atomic E-state index is 6.16. The van der Waals surface area contributed by atoms with Crippen LogP contribution in [0.3, 0.4) is 0 Å². The van der Waals surface area contributed by atoms with Crippen molar-refractivity contribution in [1.29, 1.82) is 0 Å². The zero-order chi connectivity index (χ0) is 16.8. The van der Waals surface area contributed by atoms with Crippen LogP contribution in [-0.4, -0.2) is 56.4 Å². The molecule has 23 heavy (non-hydrogen) atoms. The molecule has 1 aromatic rings. The van der Waals surface area contributed by atoms with Gasteiger partial charge in [-0.2, -0.15) is 0 Å². The highest BCUT2D eigenvalue weighted by Crippen LogP contribution is 2.36. The van der Waals surface area contributed by atoms with Crippen molar-refractivity contribution in [3.63, 3.8) is 0 Å². The summed E-state index contributed by atoms with van der Waals surface area (Å²) >= 11 is 0. The molecule has 0 saturated carbocycles. The van der Waals surface area contributed by atoms with E-state index in [0.717, 1.165) is 43.0 Å². The number of nitrogens with two attached hydrogens (primary N) is 1. The SMILES string of the molecule is CN1CCN(c2cc(N)cc(B3OC(C)(C)C(C)(C)O3)c2)CC1. The molecule has 2 heterocycles. The zero-order valence-corrected chi connectivity index (χ0v) is 14.9. The first kappa shape index (κ1) is 16.6. The van der Waals surface area contributed by atoms with Crippen LogP contribution in [-0.2, 0) is 9.31 Å². The van der Waals surface area contributed by atoms with Gasteiger partial charge in [-0.1, -0.05) is 0 Å². The molecule has 0 amide bonds. The van der Waals surface area contributed by atoms with Crippen molar-refractivity contribution < 1.29 is 9.31 Å². The molecular formula is C17H28BN3O2. The minimum atomic E-state index is -0.366. The number of nitrogens with zero attached hydrogens (tertiary/aromatic N) is 2. The lowest BCUT2D eigenvalue weighted by molar-refractivity contribution is 0.00578. The molecule has 0 aliphatic carbocycles. The second-order valence-electron chi connectivity index (χ2n) is 7.74. The molecule has 5 nitrogen and oxygen atoms in total. The highest BCUT2D eigenvalue weighted by Gasteiger charge is 2.51. The lowest BCUT2D eigenvalue weighted by atomic mass is 9.78. The van der Waals surface area contributed by atoms with Gasteiger partial charge in [0.15, 0.2) is 0 Å². The van der Waals surface area contributed by atoms with E-state index in [1.54, 1.807) is 0 Å². The fourth-order valence-corrected chi connectivity index (χ4v) is 3.02. The maximum Gasteiger partial charge on any atom is 0.494 e. The molecular weight excluding hydrogens is 289 g/mol. The summed E-state index contributed by atoms with van der Waals surface area (Å²) in [5, 5.41) is 0. The van der Waals surface area contributed by atoms with E-state index in [-0.39, 0.29) is 18.3 Å². The monoisotopic (exact) mass is 317 g/mol. The van der Waals surface area contributed by atoms with E-state index in [2.05, 4.69) is 50.6 Å². The van der Waals surface area contributed by atoms with Crippen molar-refractivity contribution in [2.45, 2.75) is 38.9 Å². The third-order valence-electron chi connectivity index (χ3n) is 5.36. The van der Waals surface area contributed by atoms with Gasteiger partial charge in [0.05, 0.1) is 11.2 Å². The Balaban J connectivity index is 1.84. The standard InChI is InChI=1S/C17H28BN3O2/c1-16(2)17(3,4)23-18(22-16)13-10-14(19)12-15(11-13)21-8-6-20(5)7-9-21/h10-12H,6-9,19H2,1-5H3. The van der Waals surface area contributed by atoms with Crippen LogP contribution in [0.2, 0.25) is 0 Å². The topological polar surface area (TPSA) is 51.0 Å². The second-order valence-corrected chi connectivity index (χ2v) is 7.74. The van der Waals surface area contributed by atoms with Crippen molar-refractivity contribution >= 4 is 24.0 Å². The number of hydrogen-bond donors (Lipinski definition) is 1. The molecule has 2 saturated heterocycles. The minimum absolute atomic E-state index is 0.337. The molecule has 2 aliphatic heterocycles.